The Labute approximate surface area is 146 Å². The number of carbonyl (C=O) groups excluding carboxylic acids is 1. The molecule has 3 fully saturated rings. The minimum absolute atomic E-state index is 0.0333. The van der Waals surface area contributed by atoms with E-state index in [0.717, 1.165) is 44.0 Å². The number of rotatable bonds is 3. The van der Waals surface area contributed by atoms with E-state index in [1.807, 2.05) is 18.6 Å². The van der Waals surface area contributed by atoms with Gasteiger partial charge >= 0.3 is 0 Å². The van der Waals surface area contributed by atoms with E-state index in [-0.39, 0.29) is 17.6 Å². The molecule has 3 aliphatic heterocycles. The van der Waals surface area contributed by atoms with Gasteiger partial charge in [0.1, 0.15) is 16.7 Å². The number of hydroxylamine groups is 2. The third-order valence-electron chi connectivity index (χ3n) is 5.02. The van der Waals surface area contributed by atoms with Crippen molar-refractivity contribution in [1.82, 2.24) is 19.8 Å². The summed E-state index contributed by atoms with van der Waals surface area (Å²) < 4.78 is 6.14. The van der Waals surface area contributed by atoms with Crippen molar-refractivity contribution < 1.29 is 14.4 Å². The second-order valence-electron chi connectivity index (χ2n) is 6.98. The number of ether oxygens (including phenoxy) is 1. The van der Waals surface area contributed by atoms with Crippen LogP contribution in [0.4, 0.5) is 0 Å². The van der Waals surface area contributed by atoms with Gasteiger partial charge in [0.15, 0.2) is 0 Å². The molecule has 4 heterocycles. The first-order chi connectivity index (χ1) is 11.7. The van der Waals surface area contributed by atoms with Crippen LogP contribution in [0.2, 0.25) is 0 Å². The number of thiazole rings is 1. The van der Waals surface area contributed by atoms with E-state index in [4.69, 9.17) is 9.57 Å². The van der Waals surface area contributed by atoms with Gasteiger partial charge in [0.2, 0.25) is 0 Å². The molecule has 4 rings (SSSR count). The lowest BCUT2D eigenvalue weighted by Gasteiger charge is -2.55. The van der Waals surface area contributed by atoms with Crippen molar-refractivity contribution in [3.63, 3.8) is 0 Å². The fourth-order valence-corrected chi connectivity index (χ4v) is 4.44. The van der Waals surface area contributed by atoms with Gasteiger partial charge in [-0.05, 0) is 19.9 Å². The molecule has 0 bridgehead atoms. The van der Waals surface area contributed by atoms with Gasteiger partial charge in [-0.1, -0.05) is 0 Å². The molecule has 3 aliphatic rings. The Morgan fingerprint density at radius 1 is 1.42 bits per heavy atom. The molecule has 0 radical (unpaired) electrons. The van der Waals surface area contributed by atoms with Gasteiger partial charge < -0.3 is 4.74 Å². The van der Waals surface area contributed by atoms with Gasteiger partial charge in [-0.3, -0.25) is 19.4 Å². The van der Waals surface area contributed by atoms with Crippen molar-refractivity contribution in [2.45, 2.75) is 31.0 Å². The largest absolute Gasteiger partial charge is 0.369 e. The van der Waals surface area contributed by atoms with E-state index in [9.17, 15) is 4.79 Å². The molecule has 0 saturated carbocycles. The Kier molecular flexibility index (Phi) is 4.57. The van der Waals surface area contributed by atoms with Crippen LogP contribution in [0.1, 0.15) is 17.8 Å². The zero-order chi connectivity index (χ0) is 16.6. The van der Waals surface area contributed by atoms with Crippen LogP contribution in [-0.4, -0.2) is 83.8 Å². The van der Waals surface area contributed by atoms with Crippen molar-refractivity contribution in [3.8, 4) is 0 Å². The summed E-state index contributed by atoms with van der Waals surface area (Å²) in [4.78, 5) is 26.9. The average molecular weight is 352 g/mol. The third-order valence-corrected chi connectivity index (χ3v) is 5.78. The minimum atomic E-state index is -0.235. The maximum absolute atomic E-state index is 12.6. The summed E-state index contributed by atoms with van der Waals surface area (Å²) >= 11 is 1.69. The zero-order valence-electron chi connectivity index (χ0n) is 14.0. The third kappa shape index (κ3) is 3.21. The summed E-state index contributed by atoms with van der Waals surface area (Å²) in [6.45, 7) is 5.24. The summed E-state index contributed by atoms with van der Waals surface area (Å²) in [6.07, 6.45) is 3.89. The Balaban J connectivity index is 1.30. The molecule has 1 atom stereocenters. The average Bonchev–Trinajstić information content (AvgIpc) is 3.07. The highest BCUT2D eigenvalue weighted by atomic mass is 32.1. The lowest BCUT2D eigenvalue weighted by molar-refractivity contribution is -0.224. The molecular weight excluding hydrogens is 328 g/mol. The topological polar surface area (TPSA) is 58.1 Å². The maximum atomic E-state index is 12.6. The summed E-state index contributed by atoms with van der Waals surface area (Å²) in [6, 6.07) is -0.235. The zero-order valence-corrected chi connectivity index (χ0v) is 14.8. The van der Waals surface area contributed by atoms with Crippen LogP contribution in [0.25, 0.3) is 0 Å². The van der Waals surface area contributed by atoms with Crippen LogP contribution in [0, 0.1) is 0 Å². The summed E-state index contributed by atoms with van der Waals surface area (Å²) in [5.74, 6) is 0.0333. The second-order valence-corrected chi connectivity index (χ2v) is 7.96. The molecule has 0 unspecified atom stereocenters. The van der Waals surface area contributed by atoms with Gasteiger partial charge in [-0.25, -0.2) is 10.0 Å². The predicted octanol–water partition coefficient (Wildman–Crippen LogP) is 0.582. The maximum Gasteiger partial charge on any atom is 0.265 e. The van der Waals surface area contributed by atoms with E-state index >= 15 is 0 Å². The molecule has 1 amide bonds. The molecular formula is C16H24N4O3S. The van der Waals surface area contributed by atoms with Crippen LogP contribution in [0.3, 0.4) is 0 Å². The van der Waals surface area contributed by atoms with Gasteiger partial charge in [-0.15, -0.1) is 11.3 Å². The molecule has 24 heavy (non-hydrogen) atoms. The SMILES string of the molecule is CN1CC2(CN(Cc3nccs3)C2)OC[C@@H]1C(=O)N1CCCCO1. The number of hydrogen-bond donors (Lipinski definition) is 0. The van der Waals surface area contributed by atoms with Gasteiger partial charge in [0.25, 0.3) is 5.91 Å². The van der Waals surface area contributed by atoms with Crippen molar-refractivity contribution in [2.24, 2.45) is 0 Å². The van der Waals surface area contributed by atoms with Gasteiger partial charge in [0.05, 0.1) is 19.8 Å². The van der Waals surface area contributed by atoms with Gasteiger partial charge in [-0.2, -0.15) is 0 Å². The number of likely N-dealkylation sites (N-methyl/N-ethyl adjacent to an activating group) is 1. The van der Waals surface area contributed by atoms with E-state index in [1.165, 1.54) is 5.06 Å². The van der Waals surface area contributed by atoms with E-state index in [2.05, 4.69) is 14.8 Å². The van der Waals surface area contributed by atoms with E-state index in [0.29, 0.717) is 19.8 Å². The lowest BCUT2D eigenvalue weighted by Crippen LogP contribution is -2.72. The Morgan fingerprint density at radius 3 is 2.96 bits per heavy atom. The summed E-state index contributed by atoms with van der Waals surface area (Å²) in [5, 5.41) is 4.68. The fraction of sp³-hybridized carbons (Fsp3) is 0.750. The number of likely N-dealkylation sites (tertiary alicyclic amines) is 1. The quantitative estimate of drug-likeness (QED) is 0.793. The molecule has 1 aromatic heterocycles. The Hall–Kier alpha value is -1.06. The Bertz CT molecular complexity index is 570. The first kappa shape index (κ1) is 16.4. The molecule has 7 nitrogen and oxygen atoms in total. The Morgan fingerprint density at radius 2 is 2.29 bits per heavy atom. The molecule has 0 N–H and O–H groups in total. The van der Waals surface area contributed by atoms with Crippen molar-refractivity contribution in [1.29, 1.82) is 0 Å². The van der Waals surface area contributed by atoms with Gasteiger partial charge in [0, 0.05) is 37.8 Å². The van der Waals surface area contributed by atoms with Crippen LogP contribution in [0.15, 0.2) is 11.6 Å². The molecule has 8 heteroatoms. The number of hydrogen-bond acceptors (Lipinski definition) is 7. The summed E-state index contributed by atoms with van der Waals surface area (Å²) in [5.41, 5.74) is -0.133. The molecule has 132 valence electrons. The minimum Gasteiger partial charge on any atom is -0.369 e. The van der Waals surface area contributed by atoms with Crippen LogP contribution < -0.4 is 0 Å². The second kappa shape index (κ2) is 6.68. The highest BCUT2D eigenvalue weighted by Crippen LogP contribution is 2.32. The monoisotopic (exact) mass is 352 g/mol. The first-order valence-corrected chi connectivity index (χ1v) is 9.42. The van der Waals surface area contributed by atoms with Crippen LogP contribution in [-0.2, 0) is 20.9 Å². The predicted molar refractivity (Wildman–Crippen MR) is 89.4 cm³/mol. The summed E-state index contributed by atoms with van der Waals surface area (Å²) in [7, 11) is 2.01. The van der Waals surface area contributed by atoms with E-state index < -0.39 is 0 Å². The number of morpholine rings is 1. The number of nitrogens with zero attached hydrogens (tertiary/aromatic N) is 4. The normalized spacial score (nSPS) is 28.0. The van der Waals surface area contributed by atoms with E-state index in [1.54, 1.807) is 11.3 Å². The number of aromatic nitrogens is 1. The van der Waals surface area contributed by atoms with Crippen molar-refractivity contribution in [3.05, 3.63) is 16.6 Å². The molecule has 0 aliphatic carbocycles. The first-order valence-electron chi connectivity index (χ1n) is 8.54. The van der Waals surface area contributed by atoms with Crippen molar-refractivity contribution in [2.75, 3.05) is 46.4 Å². The smallest absolute Gasteiger partial charge is 0.265 e. The molecule has 1 aromatic rings. The van der Waals surface area contributed by atoms with Crippen molar-refractivity contribution >= 4 is 17.2 Å². The number of amides is 1. The molecule has 3 saturated heterocycles. The number of carbonyl (C=O) groups is 1. The molecule has 1 spiro atoms. The van der Waals surface area contributed by atoms with Crippen LogP contribution in [0.5, 0.6) is 0 Å². The fourth-order valence-electron chi connectivity index (χ4n) is 3.78. The van der Waals surface area contributed by atoms with Crippen LogP contribution >= 0.6 is 11.3 Å². The molecule has 0 aromatic carbocycles. The highest BCUT2D eigenvalue weighted by Gasteiger charge is 2.50. The standard InChI is InChI=1S/C16H24N4O3S/c1-18-10-16(11-19(12-16)8-14-17-4-7-24-14)22-9-13(18)15(21)20-5-2-3-6-23-20/h4,7,13H,2-3,5-6,8-12H2,1H3/t13-/m1/s1. The highest BCUT2D eigenvalue weighted by molar-refractivity contribution is 7.09. The lowest BCUT2D eigenvalue weighted by atomic mass is 9.90.